The molecule has 16 heavy (non-hydrogen) atoms. The van der Waals surface area contributed by atoms with E-state index in [0.29, 0.717) is 24.3 Å². The fraction of sp³-hybridized carbons (Fsp3) is 0.786. The zero-order chi connectivity index (χ0) is 11.0. The lowest BCUT2D eigenvalue weighted by Crippen LogP contribution is -2.38. The molecule has 0 aromatic rings. The molecule has 2 nitrogen and oxygen atoms in total. The van der Waals surface area contributed by atoms with Crippen LogP contribution in [0.5, 0.6) is 0 Å². The normalized spacial score (nSPS) is 28.7. The first-order chi connectivity index (χ1) is 7.83. The average molecular weight is 219 g/mol. The van der Waals surface area contributed by atoms with Crippen molar-refractivity contribution in [1.29, 1.82) is 0 Å². The topological polar surface area (TPSA) is 29.1 Å². The van der Waals surface area contributed by atoms with Gasteiger partial charge < -0.3 is 5.32 Å². The molecule has 88 valence electrons. The summed E-state index contributed by atoms with van der Waals surface area (Å²) in [7, 11) is 0. The third-order valence-electron chi connectivity index (χ3n) is 4.15. The summed E-state index contributed by atoms with van der Waals surface area (Å²) in [6, 6.07) is 0.526. The minimum atomic E-state index is 0.292. The Labute approximate surface area is 97.5 Å². The Kier molecular flexibility index (Phi) is 2.74. The van der Waals surface area contributed by atoms with Gasteiger partial charge >= 0.3 is 0 Å². The van der Waals surface area contributed by atoms with Crippen molar-refractivity contribution in [1.82, 2.24) is 5.32 Å². The summed E-state index contributed by atoms with van der Waals surface area (Å²) in [4.78, 5) is 11.9. The quantitative estimate of drug-likeness (QED) is 0.708. The standard InChI is InChI=1S/C14H21NO/c16-13(9-10-3-1-2-4-10)15-14(11-5-6-11)12-7-8-12/h1,3,10-12,14H,2,4-9H2,(H,15,16). The lowest BCUT2D eigenvalue weighted by Gasteiger charge is -2.18. The van der Waals surface area contributed by atoms with Crippen LogP contribution in [-0.2, 0) is 4.79 Å². The number of carbonyl (C=O) groups is 1. The van der Waals surface area contributed by atoms with E-state index in [1.165, 1.54) is 32.1 Å². The molecule has 2 saturated carbocycles. The molecule has 0 radical (unpaired) electrons. The van der Waals surface area contributed by atoms with Crippen LogP contribution in [-0.4, -0.2) is 11.9 Å². The Morgan fingerprint density at radius 3 is 2.38 bits per heavy atom. The summed E-state index contributed by atoms with van der Waals surface area (Å²) < 4.78 is 0. The monoisotopic (exact) mass is 219 g/mol. The third-order valence-corrected chi connectivity index (χ3v) is 4.15. The molecular weight excluding hydrogens is 198 g/mol. The van der Waals surface area contributed by atoms with Gasteiger partial charge in [0.2, 0.25) is 5.91 Å². The second kappa shape index (κ2) is 4.23. The largest absolute Gasteiger partial charge is 0.353 e. The van der Waals surface area contributed by atoms with Crippen molar-refractivity contribution in [2.45, 2.75) is 51.0 Å². The van der Waals surface area contributed by atoms with Crippen molar-refractivity contribution in [2.24, 2.45) is 17.8 Å². The molecule has 0 spiro atoms. The first-order valence-electron chi connectivity index (χ1n) is 6.79. The zero-order valence-electron chi connectivity index (χ0n) is 9.82. The highest BCUT2D eigenvalue weighted by Crippen LogP contribution is 2.44. The first kappa shape index (κ1) is 10.4. The van der Waals surface area contributed by atoms with Crippen molar-refractivity contribution in [3.63, 3.8) is 0 Å². The highest BCUT2D eigenvalue weighted by molar-refractivity contribution is 5.77. The smallest absolute Gasteiger partial charge is 0.220 e. The van der Waals surface area contributed by atoms with Gasteiger partial charge in [0.25, 0.3) is 0 Å². The Morgan fingerprint density at radius 1 is 1.19 bits per heavy atom. The Bertz CT molecular complexity index is 290. The predicted octanol–water partition coefficient (Wildman–Crippen LogP) is 2.65. The molecular formula is C14H21NO. The summed E-state index contributed by atoms with van der Waals surface area (Å²) in [5, 5.41) is 3.29. The van der Waals surface area contributed by atoms with E-state index >= 15 is 0 Å². The molecule has 1 atom stereocenters. The van der Waals surface area contributed by atoms with Gasteiger partial charge in [0.05, 0.1) is 0 Å². The number of rotatable bonds is 5. The number of hydrogen-bond donors (Lipinski definition) is 1. The maximum atomic E-state index is 11.9. The van der Waals surface area contributed by atoms with Crippen LogP contribution in [0.2, 0.25) is 0 Å². The number of allylic oxidation sites excluding steroid dienone is 2. The van der Waals surface area contributed by atoms with E-state index in [2.05, 4.69) is 17.5 Å². The lowest BCUT2D eigenvalue weighted by atomic mass is 10.0. The van der Waals surface area contributed by atoms with Crippen LogP contribution in [0.3, 0.4) is 0 Å². The molecule has 0 heterocycles. The molecule has 2 fully saturated rings. The van der Waals surface area contributed by atoms with Gasteiger partial charge in [0, 0.05) is 12.5 Å². The summed E-state index contributed by atoms with van der Waals surface area (Å²) in [6.07, 6.45) is 12.8. The first-order valence-corrected chi connectivity index (χ1v) is 6.79. The molecule has 0 saturated heterocycles. The number of amides is 1. The van der Waals surface area contributed by atoms with Crippen LogP contribution < -0.4 is 5.32 Å². The summed E-state index contributed by atoms with van der Waals surface area (Å²) in [5.74, 6) is 2.44. The van der Waals surface area contributed by atoms with Crippen LogP contribution in [0, 0.1) is 17.8 Å². The van der Waals surface area contributed by atoms with Crippen molar-refractivity contribution in [3.05, 3.63) is 12.2 Å². The molecule has 1 unspecified atom stereocenters. The Balaban J connectivity index is 1.48. The lowest BCUT2D eigenvalue weighted by molar-refractivity contribution is -0.122. The summed E-state index contributed by atoms with van der Waals surface area (Å²) in [5.41, 5.74) is 0. The highest BCUT2D eigenvalue weighted by Gasteiger charge is 2.42. The van der Waals surface area contributed by atoms with Crippen LogP contribution >= 0.6 is 0 Å². The van der Waals surface area contributed by atoms with E-state index in [1.54, 1.807) is 0 Å². The SMILES string of the molecule is O=C(CC1C=CCC1)NC(C1CC1)C1CC1. The molecule has 1 amide bonds. The van der Waals surface area contributed by atoms with Gasteiger partial charge in [-0.25, -0.2) is 0 Å². The molecule has 1 N–H and O–H groups in total. The predicted molar refractivity (Wildman–Crippen MR) is 63.9 cm³/mol. The second-order valence-corrected chi connectivity index (χ2v) is 5.74. The van der Waals surface area contributed by atoms with Crippen LogP contribution in [0.25, 0.3) is 0 Å². The molecule has 3 aliphatic carbocycles. The molecule has 3 aliphatic rings. The maximum absolute atomic E-state index is 11.9. The fourth-order valence-electron chi connectivity index (χ4n) is 2.88. The van der Waals surface area contributed by atoms with E-state index in [-0.39, 0.29) is 0 Å². The summed E-state index contributed by atoms with van der Waals surface area (Å²) >= 11 is 0. The number of nitrogens with one attached hydrogen (secondary N) is 1. The van der Waals surface area contributed by atoms with Crippen molar-refractivity contribution >= 4 is 5.91 Å². The third kappa shape index (κ3) is 2.47. The van der Waals surface area contributed by atoms with E-state index in [1.807, 2.05) is 0 Å². The van der Waals surface area contributed by atoms with Gasteiger partial charge in [0.15, 0.2) is 0 Å². The zero-order valence-corrected chi connectivity index (χ0v) is 9.82. The van der Waals surface area contributed by atoms with E-state index in [9.17, 15) is 4.79 Å². The van der Waals surface area contributed by atoms with E-state index < -0.39 is 0 Å². The molecule has 0 aromatic heterocycles. The van der Waals surface area contributed by atoms with Gasteiger partial charge in [-0.15, -0.1) is 0 Å². The minimum absolute atomic E-state index is 0.292. The van der Waals surface area contributed by atoms with E-state index in [4.69, 9.17) is 0 Å². The summed E-state index contributed by atoms with van der Waals surface area (Å²) in [6.45, 7) is 0. The van der Waals surface area contributed by atoms with Crippen molar-refractivity contribution in [2.75, 3.05) is 0 Å². The van der Waals surface area contributed by atoms with Gasteiger partial charge in [0.1, 0.15) is 0 Å². The fourth-order valence-corrected chi connectivity index (χ4v) is 2.88. The minimum Gasteiger partial charge on any atom is -0.353 e. The van der Waals surface area contributed by atoms with Gasteiger partial charge in [-0.3, -0.25) is 4.79 Å². The van der Waals surface area contributed by atoms with Gasteiger partial charge in [-0.2, -0.15) is 0 Å². The Morgan fingerprint density at radius 2 is 1.88 bits per heavy atom. The van der Waals surface area contributed by atoms with E-state index in [0.717, 1.165) is 18.3 Å². The van der Waals surface area contributed by atoms with Gasteiger partial charge in [-0.05, 0) is 56.3 Å². The van der Waals surface area contributed by atoms with Crippen molar-refractivity contribution < 1.29 is 4.79 Å². The van der Waals surface area contributed by atoms with Crippen LogP contribution in [0.15, 0.2) is 12.2 Å². The van der Waals surface area contributed by atoms with Crippen LogP contribution in [0.1, 0.15) is 44.9 Å². The molecule has 0 aliphatic heterocycles. The number of hydrogen-bond acceptors (Lipinski definition) is 1. The van der Waals surface area contributed by atoms with Crippen molar-refractivity contribution in [3.8, 4) is 0 Å². The average Bonchev–Trinajstić information content (AvgIpc) is 3.17. The molecule has 3 rings (SSSR count). The van der Waals surface area contributed by atoms with Crippen LogP contribution in [0.4, 0.5) is 0 Å². The molecule has 0 bridgehead atoms. The molecule has 2 heteroatoms. The highest BCUT2D eigenvalue weighted by atomic mass is 16.1. The number of carbonyl (C=O) groups excluding carboxylic acids is 1. The molecule has 0 aromatic carbocycles. The second-order valence-electron chi connectivity index (χ2n) is 5.74. The van der Waals surface area contributed by atoms with Gasteiger partial charge in [-0.1, -0.05) is 12.2 Å². The Hall–Kier alpha value is -0.790. The maximum Gasteiger partial charge on any atom is 0.220 e.